The maximum absolute atomic E-state index is 11.4. The van der Waals surface area contributed by atoms with Crippen LogP contribution in [0.4, 0.5) is 0 Å². The number of aryl methyl sites for hydroxylation is 2. The summed E-state index contributed by atoms with van der Waals surface area (Å²) in [6.45, 7) is 3.42. The standard InChI is InChI=1S/C12H15NO4/c1-8-3-4-10(5-9(8)2)6-11(14)13-17-7-12(15)16/h3-5H,6-7H2,1-2H3,(H,13,14)(H,15,16). The number of benzene rings is 1. The highest BCUT2D eigenvalue weighted by Gasteiger charge is 2.05. The highest BCUT2D eigenvalue weighted by Crippen LogP contribution is 2.10. The summed E-state index contributed by atoms with van der Waals surface area (Å²) in [6.07, 6.45) is 0.167. The Morgan fingerprint density at radius 3 is 2.59 bits per heavy atom. The molecule has 0 saturated heterocycles. The second-order valence-corrected chi connectivity index (χ2v) is 3.80. The van der Waals surface area contributed by atoms with E-state index in [0.717, 1.165) is 16.7 Å². The molecule has 0 unspecified atom stereocenters. The first-order chi connectivity index (χ1) is 7.99. The molecule has 0 aliphatic rings. The topological polar surface area (TPSA) is 75.6 Å². The van der Waals surface area contributed by atoms with Gasteiger partial charge in [0.05, 0.1) is 6.42 Å². The van der Waals surface area contributed by atoms with Crippen molar-refractivity contribution in [2.45, 2.75) is 20.3 Å². The third-order valence-corrected chi connectivity index (χ3v) is 2.32. The molecule has 5 nitrogen and oxygen atoms in total. The Hall–Kier alpha value is -1.88. The SMILES string of the molecule is Cc1ccc(CC(=O)NOCC(=O)O)cc1C. The molecule has 0 atom stereocenters. The molecule has 0 aliphatic carbocycles. The van der Waals surface area contributed by atoms with E-state index < -0.39 is 12.6 Å². The maximum Gasteiger partial charge on any atom is 0.332 e. The molecule has 2 N–H and O–H groups in total. The lowest BCUT2D eigenvalue weighted by molar-refractivity contribution is -0.149. The van der Waals surface area contributed by atoms with Crippen LogP contribution in [0.2, 0.25) is 0 Å². The fraction of sp³-hybridized carbons (Fsp3) is 0.333. The van der Waals surface area contributed by atoms with Crippen molar-refractivity contribution in [2.24, 2.45) is 0 Å². The molecule has 1 aromatic carbocycles. The Balaban J connectivity index is 2.45. The number of aliphatic carboxylic acids is 1. The van der Waals surface area contributed by atoms with E-state index in [0.29, 0.717) is 0 Å². The molecule has 0 aliphatic heterocycles. The van der Waals surface area contributed by atoms with Crippen LogP contribution < -0.4 is 5.48 Å². The van der Waals surface area contributed by atoms with E-state index in [1.54, 1.807) is 0 Å². The van der Waals surface area contributed by atoms with Gasteiger partial charge in [0.15, 0.2) is 6.61 Å². The van der Waals surface area contributed by atoms with E-state index in [1.165, 1.54) is 0 Å². The maximum atomic E-state index is 11.4. The van der Waals surface area contributed by atoms with Gasteiger partial charge in [-0.15, -0.1) is 0 Å². The van der Waals surface area contributed by atoms with Crippen LogP contribution >= 0.6 is 0 Å². The van der Waals surface area contributed by atoms with Gasteiger partial charge >= 0.3 is 5.97 Å². The van der Waals surface area contributed by atoms with Crippen LogP contribution in [-0.2, 0) is 20.8 Å². The molecule has 1 rings (SSSR count). The summed E-state index contributed by atoms with van der Waals surface area (Å²) in [6, 6.07) is 5.72. The first kappa shape index (κ1) is 13.2. The van der Waals surface area contributed by atoms with Crippen molar-refractivity contribution >= 4 is 11.9 Å². The molecule has 17 heavy (non-hydrogen) atoms. The summed E-state index contributed by atoms with van der Waals surface area (Å²) in [5.41, 5.74) is 5.22. The third kappa shape index (κ3) is 4.65. The molecule has 0 radical (unpaired) electrons. The van der Waals surface area contributed by atoms with Crippen LogP contribution in [-0.4, -0.2) is 23.6 Å². The van der Waals surface area contributed by atoms with Gasteiger partial charge in [0.1, 0.15) is 0 Å². The van der Waals surface area contributed by atoms with Crippen LogP contribution in [0.15, 0.2) is 18.2 Å². The zero-order valence-electron chi connectivity index (χ0n) is 9.82. The second-order valence-electron chi connectivity index (χ2n) is 3.80. The Morgan fingerprint density at radius 2 is 2.00 bits per heavy atom. The van der Waals surface area contributed by atoms with Gasteiger partial charge in [-0.2, -0.15) is 0 Å². The third-order valence-electron chi connectivity index (χ3n) is 2.32. The largest absolute Gasteiger partial charge is 0.479 e. The molecular formula is C12H15NO4. The van der Waals surface area contributed by atoms with Crippen molar-refractivity contribution in [3.63, 3.8) is 0 Å². The molecule has 0 bridgehead atoms. The minimum absolute atomic E-state index is 0.167. The van der Waals surface area contributed by atoms with E-state index in [2.05, 4.69) is 10.3 Å². The van der Waals surface area contributed by atoms with Crippen LogP contribution in [0, 0.1) is 13.8 Å². The van der Waals surface area contributed by atoms with Crippen LogP contribution in [0.1, 0.15) is 16.7 Å². The predicted octanol–water partition coefficient (Wildman–Crippen LogP) is 0.978. The summed E-state index contributed by atoms with van der Waals surface area (Å²) in [5, 5.41) is 8.31. The summed E-state index contributed by atoms with van der Waals surface area (Å²) in [7, 11) is 0. The van der Waals surface area contributed by atoms with Crippen LogP contribution in [0.3, 0.4) is 0 Å². The van der Waals surface area contributed by atoms with Crippen LogP contribution in [0.5, 0.6) is 0 Å². The number of carboxylic acid groups (broad SMARTS) is 1. The van der Waals surface area contributed by atoms with Crippen molar-refractivity contribution in [1.82, 2.24) is 5.48 Å². The van der Waals surface area contributed by atoms with E-state index >= 15 is 0 Å². The number of rotatable bonds is 5. The summed E-state index contributed by atoms with van der Waals surface area (Å²) in [4.78, 5) is 26.0. The number of nitrogens with one attached hydrogen (secondary N) is 1. The lowest BCUT2D eigenvalue weighted by Crippen LogP contribution is -2.27. The first-order valence-electron chi connectivity index (χ1n) is 5.17. The number of carbonyl (C=O) groups is 2. The number of amides is 1. The van der Waals surface area contributed by atoms with Crippen molar-refractivity contribution < 1.29 is 19.5 Å². The number of hydrogen-bond acceptors (Lipinski definition) is 3. The lowest BCUT2D eigenvalue weighted by Gasteiger charge is -2.06. The Labute approximate surface area is 99.4 Å². The van der Waals surface area contributed by atoms with Gasteiger partial charge in [-0.25, -0.2) is 10.3 Å². The first-order valence-corrected chi connectivity index (χ1v) is 5.17. The fourth-order valence-corrected chi connectivity index (χ4v) is 1.31. The number of carboxylic acids is 1. The Morgan fingerprint density at radius 1 is 1.29 bits per heavy atom. The quantitative estimate of drug-likeness (QED) is 0.748. The van der Waals surface area contributed by atoms with Crippen molar-refractivity contribution in [3.05, 3.63) is 34.9 Å². The molecule has 1 aromatic rings. The predicted molar refractivity (Wildman–Crippen MR) is 61.4 cm³/mol. The Bertz CT molecular complexity index is 429. The molecule has 1 amide bonds. The minimum Gasteiger partial charge on any atom is -0.479 e. The number of hydrogen-bond donors (Lipinski definition) is 2. The molecule has 0 aromatic heterocycles. The highest BCUT2D eigenvalue weighted by atomic mass is 16.7. The molecule has 0 heterocycles. The zero-order valence-corrected chi connectivity index (χ0v) is 9.82. The van der Waals surface area contributed by atoms with Gasteiger partial charge < -0.3 is 5.11 Å². The molecule has 0 spiro atoms. The Kier molecular flexibility index (Phi) is 4.66. The van der Waals surface area contributed by atoms with E-state index in [4.69, 9.17) is 5.11 Å². The number of hydroxylamine groups is 1. The van der Waals surface area contributed by atoms with Crippen molar-refractivity contribution in [3.8, 4) is 0 Å². The smallest absolute Gasteiger partial charge is 0.332 e. The lowest BCUT2D eigenvalue weighted by atomic mass is 10.0. The summed E-state index contributed by atoms with van der Waals surface area (Å²) in [5.74, 6) is -1.49. The zero-order chi connectivity index (χ0) is 12.8. The van der Waals surface area contributed by atoms with Crippen LogP contribution in [0.25, 0.3) is 0 Å². The summed E-state index contributed by atoms with van der Waals surface area (Å²) >= 11 is 0. The van der Waals surface area contributed by atoms with E-state index in [1.807, 2.05) is 32.0 Å². The van der Waals surface area contributed by atoms with E-state index in [9.17, 15) is 9.59 Å². The van der Waals surface area contributed by atoms with Crippen molar-refractivity contribution in [1.29, 1.82) is 0 Å². The molecule has 5 heteroatoms. The average molecular weight is 237 g/mol. The van der Waals surface area contributed by atoms with Gasteiger partial charge in [-0.05, 0) is 30.5 Å². The molecule has 0 saturated carbocycles. The molecule has 92 valence electrons. The average Bonchev–Trinajstić information content (AvgIpc) is 2.23. The fourth-order valence-electron chi connectivity index (χ4n) is 1.31. The van der Waals surface area contributed by atoms with Crippen molar-refractivity contribution in [2.75, 3.05) is 6.61 Å². The molecular weight excluding hydrogens is 222 g/mol. The van der Waals surface area contributed by atoms with E-state index in [-0.39, 0.29) is 12.3 Å². The second kappa shape index (κ2) is 6.00. The van der Waals surface area contributed by atoms with Gasteiger partial charge in [-0.3, -0.25) is 9.63 Å². The van der Waals surface area contributed by atoms with Gasteiger partial charge in [0.2, 0.25) is 5.91 Å². The normalized spacial score (nSPS) is 10.0. The van der Waals surface area contributed by atoms with Gasteiger partial charge in [0.25, 0.3) is 0 Å². The number of carbonyl (C=O) groups excluding carboxylic acids is 1. The molecule has 0 fully saturated rings. The van der Waals surface area contributed by atoms with Gasteiger partial charge in [-0.1, -0.05) is 18.2 Å². The minimum atomic E-state index is -1.13. The summed E-state index contributed by atoms with van der Waals surface area (Å²) < 4.78 is 0. The monoisotopic (exact) mass is 237 g/mol. The van der Waals surface area contributed by atoms with Gasteiger partial charge in [0, 0.05) is 0 Å². The highest BCUT2D eigenvalue weighted by molar-refractivity contribution is 5.78.